The van der Waals surface area contributed by atoms with Gasteiger partial charge >= 0.3 is 6.18 Å². The van der Waals surface area contributed by atoms with Crippen molar-refractivity contribution in [1.29, 1.82) is 5.26 Å². The summed E-state index contributed by atoms with van der Waals surface area (Å²) in [5.74, 6) is 0. The van der Waals surface area contributed by atoms with E-state index >= 15 is 13.2 Å². The lowest BCUT2D eigenvalue weighted by Crippen LogP contribution is -2.26. The van der Waals surface area contributed by atoms with Crippen LogP contribution < -0.4 is 9.80 Å². The first-order valence-corrected chi connectivity index (χ1v) is 21.8. The number of hydrogen-bond acceptors (Lipinski definition) is 3. The Morgan fingerprint density at radius 3 is 1.08 bits per heavy atom. The second-order valence-electron chi connectivity index (χ2n) is 18.4. The minimum Gasteiger partial charge on any atom is -0.309 e. The van der Waals surface area contributed by atoms with Gasteiger partial charge in [0, 0.05) is 24.0 Å². The lowest BCUT2D eigenvalue weighted by Gasteiger charge is -2.42. The molecular formula is C56H58F3N3. The monoisotopic (exact) mass is 829 g/mol. The third kappa shape index (κ3) is 5.98. The molecular weight excluding hydrogens is 772 g/mol. The normalized spacial score (nSPS) is 13.2. The molecule has 0 amide bonds. The number of alkyl halides is 3. The maximum atomic E-state index is 15.2. The highest BCUT2D eigenvalue weighted by molar-refractivity contribution is 6.01. The Hall–Kier alpha value is -5.80. The number of benzene rings is 6. The molecule has 6 heteroatoms. The van der Waals surface area contributed by atoms with Crippen molar-refractivity contribution in [2.45, 2.75) is 130 Å². The minimum atomic E-state index is -4.60. The molecule has 0 radical (unpaired) electrons. The van der Waals surface area contributed by atoms with Crippen molar-refractivity contribution in [1.82, 2.24) is 0 Å². The third-order valence-electron chi connectivity index (χ3n) is 15.9. The second kappa shape index (κ2) is 14.7. The standard InChI is InChI=1S/C56H58F3N3/c1-26-30(5)38(13)52-45(34(26)9)23-46-35(10)27(2)31(6)39(14)53(46)61(52)50-20-18-43(56(57,58)59)22-49(50)44-19-17-42(25-60)21-51(44)62-54-40(15)32(7)28(3)36(11)47(54)24-48-37(12)29(4)33(8)41(16)55(48)62/h17-22H,23-24H2,1-16H3. The van der Waals surface area contributed by atoms with Gasteiger partial charge in [-0.15, -0.1) is 0 Å². The molecule has 6 aromatic rings. The van der Waals surface area contributed by atoms with E-state index in [4.69, 9.17) is 0 Å². The molecule has 62 heavy (non-hydrogen) atoms. The van der Waals surface area contributed by atoms with Gasteiger partial charge in [0.25, 0.3) is 0 Å². The largest absolute Gasteiger partial charge is 0.416 e. The fraction of sp³-hybridized carbons (Fsp3) is 0.339. The van der Waals surface area contributed by atoms with Gasteiger partial charge in [-0.2, -0.15) is 18.4 Å². The average molecular weight is 830 g/mol. The van der Waals surface area contributed by atoms with Crippen LogP contribution >= 0.6 is 0 Å². The van der Waals surface area contributed by atoms with Gasteiger partial charge in [0.15, 0.2) is 0 Å². The Morgan fingerprint density at radius 1 is 0.403 bits per heavy atom. The van der Waals surface area contributed by atoms with Crippen molar-refractivity contribution >= 4 is 34.1 Å². The van der Waals surface area contributed by atoms with E-state index in [9.17, 15) is 5.26 Å². The summed E-state index contributed by atoms with van der Waals surface area (Å²) < 4.78 is 45.7. The molecule has 3 nitrogen and oxygen atoms in total. The summed E-state index contributed by atoms with van der Waals surface area (Å²) in [6.45, 7) is 34.8. The summed E-state index contributed by atoms with van der Waals surface area (Å²) in [6.07, 6.45) is -3.13. The summed E-state index contributed by atoms with van der Waals surface area (Å²) in [7, 11) is 0. The zero-order valence-electron chi connectivity index (χ0n) is 39.4. The van der Waals surface area contributed by atoms with Gasteiger partial charge in [-0.3, -0.25) is 0 Å². The molecule has 2 heterocycles. The van der Waals surface area contributed by atoms with Crippen LogP contribution in [0.25, 0.3) is 11.1 Å². The van der Waals surface area contributed by atoms with Crippen LogP contribution in [0, 0.1) is 122 Å². The van der Waals surface area contributed by atoms with Crippen LogP contribution in [0.2, 0.25) is 0 Å². The molecule has 0 unspecified atom stereocenters. The Labute approximate surface area is 366 Å². The highest BCUT2D eigenvalue weighted by Crippen LogP contribution is 2.57. The summed E-state index contributed by atoms with van der Waals surface area (Å²) in [6, 6.07) is 12.2. The Balaban J connectivity index is 1.58. The average Bonchev–Trinajstić information content (AvgIpc) is 3.26. The Morgan fingerprint density at radius 2 is 0.742 bits per heavy atom. The second-order valence-corrected chi connectivity index (χ2v) is 18.4. The van der Waals surface area contributed by atoms with Crippen LogP contribution in [0.5, 0.6) is 0 Å². The van der Waals surface area contributed by atoms with Crippen molar-refractivity contribution in [3.63, 3.8) is 0 Å². The quantitative estimate of drug-likeness (QED) is 0.178. The van der Waals surface area contributed by atoms with Crippen LogP contribution in [-0.2, 0) is 19.0 Å². The van der Waals surface area contributed by atoms with Gasteiger partial charge in [0.05, 0.1) is 51.3 Å². The highest BCUT2D eigenvalue weighted by atomic mass is 19.4. The number of rotatable bonds is 3. The number of halogens is 3. The zero-order valence-corrected chi connectivity index (χ0v) is 39.4. The highest BCUT2D eigenvalue weighted by Gasteiger charge is 2.39. The maximum absolute atomic E-state index is 15.2. The van der Waals surface area contributed by atoms with E-state index in [0.29, 0.717) is 28.1 Å². The van der Waals surface area contributed by atoms with Crippen molar-refractivity contribution in [2.24, 2.45) is 0 Å². The Kier molecular flexibility index (Phi) is 10.1. The van der Waals surface area contributed by atoms with Crippen LogP contribution in [0.15, 0.2) is 36.4 Å². The van der Waals surface area contributed by atoms with Gasteiger partial charge in [-0.1, -0.05) is 6.07 Å². The minimum absolute atomic E-state index is 0.436. The van der Waals surface area contributed by atoms with Gasteiger partial charge in [0.1, 0.15) is 0 Å². The van der Waals surface area contributed by atoms with Crippen molar-refractivity contribution in [2.75, 3.05) is 9.80 Å². The van der Waals surface area contributed by atoms with Gasteiger partial charge in [-0.05, 0) is 252 Å². The van der Waals surface area contributed by atoms with Gasteiger partial charge in [0.2, 0.25) is 0 Å². The van der Waals surface area contributed by atoms with Gasteiger partial charge < -0.3 is 9.80 Å². The number of anilines is 6. The first kappa shape index (κ1) is 42.9. The summed E-state index contributed by atoms with van der Waals surface area (Å²) in [4.78, 5) is 4.60. The first-order chi connectivity index (χ1) is 29.0. The number of hydrogen-bond donors (Lipinski definition) is 0. The smallest absolute Gasteiger partial charge is 0.309 e. The SMILES string of the molecule is Cc1c(C)c(C)c2c(c1C)Cc1c(C)c(C)c(C)c(C)c1N2c1ccc(C(F)(F)F)cc1-c1ccc(C#N)cc1N1c2c(C)c(C)c(C)c(C)c2Cc2c(C)c(C)c(C)c(C)c21. The van der Waals surface area contributed by atoms with E-state index in [1.165, 1.54) is 101 Å². The predicted octanol–water partition coefficient (Wildman–Crippen LogP) is 15.9. The number of fused-ring (bicyclic) bond motifs is 4. The predicted molar refractivity (Wildman–Crippen MR) is 252 cm³/mol. The lowest BCUT2D eigenvalue weighted by atomic mass is 9.80. The molecule has 318 valence electrons. The fourth-order valence-electron chi connectivity index (χ4n) is 10.8. The summed E-state index contributed by atoms with van der Waals surface area (Å²) >= 11 is 0. The van der Waals surface area contributed by atoms with Crippen LogP contribution in [0.3, 0.4) is 0 Å². The van der Waals surface area contributed by atoms with Crippen molar-refractivity contribution < 1.29 is 13.2 Å². The maximum Gasteiger partial charge on any atom is 0.416 e. The van der Waals surface area contributed by atoms with Crippen molar-refractivity contribution in [3.8, 4) is 17.2 Å². The van der Waals surface area contributed by atoms with Crippen LogP contribution in [0.1, 0.15) is 122 Å². The van der Waals surface area contributed by atoms with E-state index < -0.39 is 11.7 Å². The molecule has 0 bridgehead atoms. The zero-order chi connectivity index (χ0) is 45.3. The Bertz CT molecular complexity index is 2890. The third-order valence-corrected chi connectivity index (χ3v) is 15.9. The van der Waals surface area contributed by atoms with Crippen molar-refractivity contribution in [3.05, 3.63) is 159 Å². The molecule has 0 aromatic heterocycles. The van der Waals surface area contributed by atoms with E-state index in [2.05, 4.69) is 127 Å². The molecule has 0 spiro atoms. The van der Waals surface area contributed by atoms with E-state index in [1.54, 1.807) is 12.1 Å². The number of nitrogens with zero attached hydrogens (tertiary/aromatic N) is 3. The molecule has 0 saturated heterocycles. The lowest BCUT2D eigenvalue weighted by molar-refractivity contribution is -0.137. The number of nitriles is 1. The molecule has 2 aliphatic rings. The fourth-order valence-corrected chi connectivity index (χ4v) is 10.8. The molecule has 2 aliphatic heterocycles. The van der Waals surface area contributed by atoms with E-state index in [0.717, 1.165) is 57.8 Å². The molecule has 0 saturated carbocycles. The molecule has 0 N–H and O–H groups in total. The van der Waals surface area contributed by atoms with Crippen LogP contribution in [0.4, 0.5) is 47.3 Å². The van der Waals surface area contributed by atoms with Gasteiger partial charge in [-0.25, -0.2) is 0 Å². The molecule has 0 fully saturated rings. The molecule has 8 rings (SSSR count). The molecule has 0 aliphatic carbocycles. The topological polar surface area (TPSA) is 30.3 Å². The first-order valence-electron chi connectivity index (χ1n) is 21.8. The summed E-state index contributed by atoms with van der Waals surface area (Å²) in [5, 5.41) is 10.6. The molecule has 0 atom stereocenters. The summed E-state index contributed by atoms with van der Waals surface area (Å²) in [5.41, 5.74) is 30.0. The molecule has 6 aromatic carbocycles. The van der Waals surface area contributed by atoms with Crippen LogP contribution in [-0.4, -0.2) is 0 Å². The van der Waals surface area contributed by atoms with E-state index in [1.807, 2.05) is 12.1 Å². The van der Waals surface area contributed by atoms with E-state index in [-0.39, 0.29) is 0 Å².